The molecule has 9 heteroatoms. The number of esters is 1. The molecule has 0 bridgehead atoms. The van der Waals surface area contributed by atoms with Crippen molar-refractivity contribution in [1.29, 1.82) is 0 Å². The lowest BCUT2D eigenvalue weighted by atomic mass is 10.2. The molecule has 0 saturated heterocycles. The van der Waals surface area contributed by atoms with Gasteiger partial charge in [0.2, 0.25) is 0 Å². The zero-order chi connectivity index (χ0) is 21.9. The third-order valence-electron chi connectivity index (χ3n) is 3.61. The fraction of sp³-hybridized carbons (Fsp3) is 0.286. The quantitative estimate of drug-likeness (QED) is 0.257. The molecule has 2 aromatic carbocycles. The maximum atomic E-state index is 12.1. The van der Waals surface area contributed by atoms with E-state index in [2.05, 4.69) is 0 Å². The molecule has 162 valence electrons. The summed E-state index contributed by atoms with van der Waals surface area (Å²) >= 11 is 23.5. The summed E-state index contributed by atoms with van der Waals surface area (Å²) in [6.07, 6.45) is 1.95. The van der Waals surface area contributed by atoms with Crippen LogP contribution in [0.25, 0.3) is 0 Å². The van der Waals surface area contributed by atoms with Crippen LogP contribution in [0.5, 0.6) is 17.2 Å². The summed E-state index contributed by atoms with van der Waals surface area (Å²) in [6, 6.07) is 9.97. The van der Waals surface area contributed by atoms with Gasteiger partial charge >= 0.3 is 5.97 Å². The monoisotopic (exact) mass is 492 g/mol. The molecule has 0 aliphatic rings. The largest absolute Gasteiger partial charge is 0.494 e. The third-order valence-corrected chi connectivity index (χ3v) is 4.48. The van der Waals surface area contributed by atoms with Crippen LogP contribution in [0, 0.1) is 0 Å². The van der Waals surface area contributed by atoms with Crippen molar-refractivity contribution in [1.82, 2.24) is 0 Å². The van der Waals surface area contributed by atoms with Gasteiger partial charge in [-0.05, 0) is 31.2 Å². The highest BCUT2D eigenvalue weighted by Gasteiger charge is 2.12. The van der Waals surface area contributed by atoms with Crippen LogP contribution < -0.4 is 14.2 Å². The van der Waals surface area contributed by atoms with Crippen LogP contribution in [0.3, 0.4) is 0 Å². The lowest BCUT2D eigenvalue weighted by Crippen LogP contribution is -2.09. The Kier molecular flexibility index (Phi) is 10.4. The van der Waals surface area contributed by atoms with Crippen LogP contribution in [0.4, 0.5) is 0 Å². The summed E-state index contributed by atoms with van der Waals surface area (Å²) < 4.78 is 21.8. The van der Waals surface area contributed by atoms with E-state index in [-0.39, 0.29) is 24.3 Å². The maximum Gasteiger partial charge on any atom is 0.338 e. The van der Waals surface area contributed by atoms with Gasteiger partial charge in [0.05, 0.1) is 35.4 Å². The van der Waals surface area contributed by atoms with Crippen molar-refractivity contribution in [2.75, 3.05) is 26.4 Å². The smallest absolute Gasteiger partial charge is 0.338 e. The first-order valence-corrected chi connectivity index (χ1v) is 10.6. The van der Waals surface area contributed by atoms with Gasteiger partial charge in [-0.2, -0.15) is 0 Å². The summed E-state index contributed by atoms with van der Waals surface area (Å²) in [7, 11) is 0. The Labute approximate surface area is 195 Å². The Morgan fingerprint density at radius 3 is 2.37 bits per heavy atom. The van der Waals surface area contributed by atoms with Crippen LogP contribution >= 0.6 is 46.4 Å². The van der Waals surface area contributed by atoms with Crippen molar-refractivity contribution in [3.63, 3.8) is 0 Å². The van der Waals surface area contributed by atoms with Crippen molar-refractivity contribution in [3.8, 4) is 17.2 Å². The van der Waals surface area contributed by atoms with E-state index >= 15 is 0 Å². The molecule has 0 aliphatic carbocycles. The summed E-state index contributed by atoms with van der Waals surface area (Å²) in [5.74, 6) is 0.965. The molecule has 0 spiro atoms. The second-order valence-electron chi connectivity index (χ2n) is 5.82. The zero-order valence-electron chi connectivity index (χ0n) is 16.1. The molecule has 0 radical (unpaired) electrons. The fourth-order valence-corrected chi connectivity index (χ4v) is 3.02. The SMILES string of the molecule is CCOc1cccc(C(=O)OCCCOc2c(Cl)cc(OCC=C(Cl)Cl)cc2Cl)c1. The predicted octanol–water partition coefficient (Wildman–Crippen LogP) is 6.72. The minimum absolute atomic E-state index is 0.106. The normalized spacial score (nSPS) is 10.3. The number of carbonyl (C=O) groups excluding carboxylic acids is 1. The molecule has 2 rings (SSSR count). The molecule has 0 N–H and O–H groups in total. The zero-order valence-corrected chi connectivity index (χ0v) is 19.2. The van der Waals surface area contributed by atoms with Crippen LogP contribution in [-0.4, -0.2) is 32.4 Å². The number of rotatable bonds is 11. The van der Waals surface area contributed by atoms with Gasteiger partial charge in [-0.1, -0.05) is 52.5 Å². The van der Waals surface area contributed by atoms with E-state index in [4.69, 9.17) is 65.4 Å². The van der Waals surface area contributed by atoms with Gasteiger partial charge in [-0.25, -0.2) is 4.79 Å². The molecule has 0 fully saturated rings. The Bertz CT molecular complexity index is 858. The van der Waals surface area contributed by atoms with Crippen LogP contribution in [0.2, 0.25) is 10.0 Å². The Hall–Kier alpha value is -1.79. The first-order chi connectivity index (χ1) is 14.4. The molecule has 2 aromatic rings. The van der Waals surface area contributed by atoms with E-state index < -0.39 is 5.97 Å². The highest BCUT2D eigenvalue weighted by Crippen LogP contribution is 2.37. The van der Waals surface area contributed by atoms with Crippen molar-refractivity contribution in [2.24, 2.45) is 0 Å². The standard InChI is InChI=1S/C21H20Cl4O5/c1-2-27-15-6-3-5-14(11-15)21(26)30-9-4-8-29-20-17(22)12-16(13-18(20)23)28-10-7-19(24)25/h3,5-7,11-13H,2,4,8-10H2,1H3. The summed E-state index contributed by atoms with van der Waals surface area (Å²) in [5.41, 5.74) is 0.425. The first kappa shape index (κ1) is 24.5. The number of halogens is 4. The fourth-order valence-electron chi connectivity index (χ4n) is 2.32. The third kappa shape index (κ3) is 8.15. The molecule has 0 atom stereocenters. The van der Waals surface area contributed by atoms with E-state index in [1.54, 1.807) is 36.4 Å². The van der Waals surface area contributed by atoms with E-state index in [0.717, 1.165) is 0 Å². The molecule has 0 heterocycles. The second kappa shape index (κ2) is 12.8. The molecule has 0 amide bonds. The van der Waals surface area contributed by atoms with Gasteiger partial charge in [0.15, 0.2) is 5.75 Å². The van der Waals surface area contributed by atoms with Crippen molar-refractivity contribution in [2.45, 2.75) is 13.3 Å². The van der Waals surface area contributed by atoms with Crippen molar-refractivity contribution >= 4 is 52.4 Å². The topological polar surface area (TPSA) is 54.0 Å². The highest BCUT2D eigenvalue weighted by atomic mass is 35.5. The molecule has 0 aliphatic heterocycles. The van der Waals surface area contributed by atoms with E-state index in [1.807, 2.05) is 6.92 Å². The van der Waals surface area contributed by atoms with E-state index in [0.29, 0.717) is 45.9 Å². The summed E-state index contributed by atoms with van der Waals surface area (Å²) in [4.78, 5) is 12.1. The van der Waals surface area contributed by atoms with E-state index in [1.165, 1.54) is 6.08 Å². The van der Waals surface area contributed by atoms with Crippen molar-refractivity contribution in [3.05, 3.63) is 62.6 Å². The van der Waals surface area contributed by atoms with Gasteiger partial charge in [0.1, 0.15) is 22.6 Å². The average Bonchev–Trinajstić information content (AvgIpc) is 2.69. The predicted molar refractivity (Wildman–Crippen MR) is 120 cm³/mol. The second-order valence-corrected chi connectivity index (χ2v) is 7.64. The maximum absolute atomic E-state index is 12.1. The average molecular weight is 494 g/mol. The molecular weight excluding hydrogens is 474 g/mol. The molecule has 5 nitrogen and oxygen atoms in total. The number of hydrogen-bond donors (Lipinski definition) is 0. The molecule has 0 aromatic heterocycles. The van der Waals surface area contributed by atoms with E-state index in [9.17, 15) is 4.79 Å². The van der Waals surface area contributed by atoms with Crippen LogP contribution in [0.1, 0.15) is 23.7 Å². The minimum atomic E-state index is -0.430. The molecular formula is C21H20Cl4O5. The number of ether oxygens (including phenoxy) is 4. The minimum Gasteiger partial charge on any atom is -0.494 e. The highest BCUT2D eigenvalue weighted by molar-refractivity contribution is 6.55. The summed E-state index contributed by atoms with van der Waals surface area (Å²) in [6.45, 7) is 3.01. The lowest BCUT2D eigenvalue weighted by molar-refractivity contribution is 0.0485. The van der Waals surface area contributed by atoms with Gasteiger partial charge < -0.3 is 18.9 Å². The Balaban J connectivity index is 1.79. The molecule has 0 unspecified atom stereocenters. The van der Waals surface area contributed by atoms with Gasteiger partial charge in [-0.15, -0.1) is 0 Å². The van der Waals surface area contributed by atoms with Gasteiger partial charge in [0, 0.05) is 18.6 Å². The molecule has 30 heavy (non-hydrogen) atoms. The Morgan fingerprint density at radius 2 is 1.70 bits per heavy atom. The van der Waals surface area contributed by atoms with Gasteiger partial charge in [-0.3, -0.25) is 0 Å². The number of benzene rings is 2. The van der Waals surface area contributed by atoms with Gasteiger partial charge in [0.25, 0.3) is 0 Å². The number of hydrogen-bond acceptors (Lipinski definition) is 5. The van der Waals surface area contributed by atoms with Crippen LogP contribution in [0.15, 0.2) is 47.0 Å². The van der Waals surface area contributed by atoms with Crippen LogP contribution in [-0.2, 0) is 4.74 Å². The Morgan fingerprint density at radius 1 is 0.967 bits per heavy atom. The lowest BCUT2D eigenvalue weighted by Gasteiger charge is -2.12. The van der Waals surface area contributed by atoms with Crippen molar-refractivity contribution < 1.29 is 23.7 Å². The first-order valence-electron chi connectivity index (χ1n) is 9.06. The summed E-state index contributed by atoms with van der Waals surface area (Å²) in [5, 5.41) is 0.589. The molecule has 0 saturated carbocycles. The number of carbonyl (C=O) groups is 1.